The topological polar surface area (TPSA) is 317 Å². The number of aromatic nitrogens is 8. The lowest BCUT2D eigenvalue weighted by molar-refractivity contribution is 0.0643. The molecule has 1 aliphatic carbocycles. The summed E-state index contributed by atoms with van der Waals surface area (Å²) >= 11 is 0. The predicted octanol–water partition coefficient (Wildman–Crippen LogP) is 11.4. The second-order valence-electron chi connectivity index (χ2n) is 33.9. The van der Waals surface area contributed by atoms with Crippen LogP contribution in [-0.4, -0.2) is 206 Å². The van der Waals surface area contributed by atoms with E-state index < -0.39 is 0 Å². The smallest absolute Gasteiger partial charge is 0.293 e. The number of fused-ring (bicyclic) bond motifs is 3. The Hall–Kier alpha value is -13.9. The summed E-state index contributed by atoms with van der Waals surface area (Å²) in [7, 11) is 15.0. The molecule has 0 unspecified atom stereocenters. The molecule has 6 aliphatic rings. The van der Waals surface area contributed by atoms with Crippen LogP contribution >= 0.6 is 0 Å². The van der Waals surface area contributed by atoms with Crippen molar-refractivity contribution < 1.29 is 34.5 Å². The fourth-order valence-corrected chi connectivity index (χ4v) is 17.5. The standard InChI is InChI=1S/C36H41N7O4.C35H38N6O3.C28H31N7O3/c1-5-41-17-19-42(20-18-41)34(45)24-9-11-26(12-10-24)37-33-36(47)40(4)22-31(38-33)29-7-6-8-32(30(29)23-44)43-16-15-25-21-27(39(2)3)13-14-28(25)35(43)46;1-38-16-18-40(19-17-38)27-11-9-26(10-12-27)36-33-35(44)39(2)21-31(37-33)29-4-3-5-32(30(29)22-42)41-15-14-25-20-24(23-6-7-23)8-13-28(25)34(41)43;1-5-34-15-19(14-29-34)30-26-28(38)33(4)16-24(31-26)22-7-6-8-25(23(22)17-36)35-12-11-18-13-20(32(2)3)9-10-21(18)27(35)37/h6-14,21-22,44H,5,15-20,23H2,1-4H3,(H,37,38);3-5,8-13,20-21,23,42H,6-7,14-19,22H2,1-2H3,(H,36,37);6-10,13-16,36H,5,11-12,17H2,1-4H3,(H,30,31). The molecule has 666 valence electrons. The minimum absolute atomic E-state index is 0.00579. The highest BCUT2D eigenvalue weighted by atomic mass is 16.3. The zero-order chi connectivity index (χ0) is 90.6. The SMILES string of the molecule is CCN1CCN(C(=O)c2ccc(Nc3nc(-c4cccc(N5CCc6cc(N(C)C)ccc6C5=O)c4CO)cn(C)c3=O)cc2)CC1.CCn1cc(Nc2nc(-c3cccc(N4CCc5cc(N(C)C)ccc5C4=O)c3CO)cn(C)c2=O)cn1.CN1CCN(c2ccc(Nc3nc(-c4cccc(N5CCc6cc(C7CC7)ccc6C5=O)c4CO)cn(C)c3=O)cc2)CC1. The van der Waals surface area contributed by atoms with Gasteiger partial charge in [0.2, 0.25) is 0 Å². The van der Waals surface area contributed by atoms with Gasteiger partial charge >= 0.3 is 0 Å². The van der Waals surface area contributed by atoms with Crippen molar-refractivity contribution in [3.63, 3.8) is 0 Å². The van der Waals surface area contributed by atoms with Gasteiger partial charge < -0.3 is 89.1 Å². The van der Waals surface area contributed by atoms with E-state index in [1.54, 1.807) is 95.8 Å². The van der Waals surface area contributed by atoms with Crippen LogP contribution in [0, 0.1) is 0 Å². The van der Waals surface area contributed by atoms with E-state index >= 15 is 0 Å². The number of hydrogen-bond acceptors (Lipinski definition) is 22. The van der Waals surface area contributed by atoms with E-state index in [0.717, 1.165) is 97.2 Å². The highest BCUT2D eigenvalue weighted by Gasteiger charge is 2.35. The van der Waals surface area contributed by atoms with Crippen LogP contribution in [0.2, 0.25) is 0 Å². The third-order valence-electron chi connectivity index (χ3n) is 25.2. The minimum Gasteiger partial charge on any atom is -0.392 e. The first-order chi connectivity index (χ1) is 62.4. The maximum Gasteiger partial charge on any atom is 0.293 e. The molecule has 0 radical (unpaired) electrons. The number of likely N-dealkylation sites (N-methyl/N-ethyl adjacent to an activating group) is 2. The Kier molecular flexibility index (Phi) is 26.3. The summed E-state index contributed by atoms with van der Waals surface area (Å²) < 4.78 is 6.14. The molecule has 5 aliphatic heterocycles. The van der Waals surface area contributed by atoms with Crippen LogP contribution in [0.4, 0.5) is 68.6 Å². The average molecular weight is 1740 g/mol. The van der Waals surface area contributed by atoms with Gasteiger partial charge in [-0.15, -0.1) is 0 Å². The summed E-state index contributed by atoms with van der Waals surface area (Å²) in [5.41, 5.74) is 18.6. The lowest BCUT2D eigenvalue weighted by Gasteiger charge is -2.34. The number of benzene rings is 8. The maximum absolute atomic E-state index is 13.7. The van der Waals surface area contributed by atoms with E-state index in [9.17, 15) is 48.9 Å². The molecule has 8 aromatic carbocycles. The summed E-state index contributed by atoms with van der Waals surface area (Å²) in [5, 5.41) is 45.3. The molecule has 2 saturated heterocycles. The van der Waals surface area contributed by atoms with E-state index in [0.29, 0.717) is 154 Å². The highest BCUT2D eigenvalue weighted by Crippen LogP contribution is 2.43. The third kappa shape index (κ3) is 18.8. The molecule has 9 heterocycles. The van der Waals surface area contributed by atoms with Crippen LogP contribution in [0.25, 0.3) is 33.8 Å². The average Bonchev–Trinajstić information content (AvgIpc) is 1.53. The Morgan fingerprint density at radius 2 is 0.829 bits per heavy atom. The Morgan fingerprint density at radius 3 is 1.22 bits per heavy atom. The van der Waals surface area contributed by atoms with Crippen molar-refractivity contribution in [2.45, 2.75) is 78.2 Å². The Morgan fingerprint density at radius 1 is 0.426 bits per heavy atom. The molecule has 0 bridgehead atoms. The Bertz CT molecular complexity index is 6420. The van der Waals surface area contributed by atoms with Crippen LogP contribution in [0.5, 0.6) is 0 Å². The third-order valence-corrected chi connectivity index (χ3v) is 25.2. The second kappa shape index (κ2) is 38.3. The molecular weight excluding hydrogens is 1630 g/mol. The van der Waals surface area contributed by atoms with Crippen molar-refractivity contribution in [3.05, 3.63) is 281 Å². The number of hydrogen-bond donors (Lipinski definition) is 6. The van der Waals surface area contributed by atoms with Crippen molar-refractivity contribution in [1.29, 1.82) is 0 Å². The number of nitrogens with zero attached hydrogens (tertiary/aromatic N) is 17. The first kappa shape index (κ1) is 88.5. The highest BCUT2D eigenvalue weighted by molar-refractivity contribution is 6.11. The fourth-order valence-electron chi connectivity index (χ4n) is 17.5. The largest absolute Gasteiger partial charge is 0.392 e. The van der Waals surface area contributed by atoms with Gasteiger partial charge in [0, 0.05) is 237 Å². The van der Waals surface area contributed by atoms with Crippen molar-refractivity contribution in [2.24, 2.45) is 21.1 Å². The van der Waals surface area contributed by atoms with E-state index in [-0.39, 0.29) is 77.6 Å². The number of anilines is 12. The quantitative estimate of drug-likeness (QED) is 0.0367. The molecule has 3 fully saturated rings. The zero-order valence-electron chi connectivity index (χ0n) is 74.6. The van der Waals surface area contributed by atoms with Crippen molar-refractivity contribution in [3.8, 4) is 33.8 Å². The Labute approximate surface area is 749 Å². The number of carbonyl (C=O) groups excluding carboxylic acids is 4. The molecule has 0 atom stereocenters. The number of amides is 4. The second-order valence-corrected chi connectivity index (χ2v) is 33.9. The van der Waals surface area contributed by atoms with E-state index in [2.05, 4.69) is 96.1 Å². The summed E-state index contributed by atoms with van der Waals surface area (Å²) in [6.07, 6.45) is 13.0. The first-order valence-corrected chi connectivity index (χ1v) is 44.0. The van der Waals surface area contributed by atoms with Gasteiger partial charge in [0.05, 0.1) is 65.8 Å². The summed E-state index contributed by atoms with van der Waals surface area (Å²) in [6.45, 7) is 13.6. The fraction of sp³-hybridized carbons (Fsp3) is 0.323. The van der Waals surface area contributed by atoms with Crippen LogP contribution in [0.15, 0.2) is 203 Å². The van der Waals surface area contributed by atoms with Gasteiger partial charge in [-0.2, -0.15) is 5.10 Å². The van der Waals surface area contributed by atoms with Crippen LogP contribution in [-0.2, 0) is 66.8 Å². The minimum atomic E-state index is -0.329. The molecule has 4 amide bonds. The summed E-state index contributed by atoms with van der Waals surface area (Å²) in [6, 6.07) is 49.7. The van der Waals surface area contributed by atoms with Gasteiger partial charge in [-0.25, -0.2) is 15.0 Å². The van der Waals surface area contributed by atoms with Gasteiger partial charge in [-0.1, -0.05) is 55.5 Å². The Balaban J connectivity index is 0.000000143. The number of aryl methyl sites for hydroxylation is 4. The summed E-state index contributed by atoms with van der Waals surface area (Å²) in [5.74, 6) is 0.798. The van der Waals surface area contributed by atoms with Crippen molar-refractivity contribution >= 4 is 92.3 Å². The lowest BCUT2D eigenvalue weighted by atomic mass is 9.93. The number of carbonyl (C=O) groups is 4. The number of nitrogens with one attached hydrogen (secondary N) is 3. The van der Waals surface area contributed by atoms with Gasteiger partial charge in [-0.3, -0.25) is 38.2 Å². The molecule has 6 N–H and O–H groups in total. The molecule has 30 nitrogen and oxygen atoms in total. The molecule has 1 saturated carbocycles. The normalized spacial score (nSPS) is 15.1. The number of piperazine rings is 2. The van der Waals surface area contributed by atoms with Gasteiger partial charge in [0.1, 0.15) is 0 Å². The summed E-state index contributed by atoms with van der Waals surface area (Å²) in [4.78, 5) is 125. The van der Waals surface area contributed by atoms with Gasteiger partial charge in [-0.05, 0) is 190 Å². The molecular formula is C99H110N20O10. The van der Waals surface area contributed by atoms with Crippen LogP contribution in [0.1, 0.15) is 113 Å². The first-order valence-electron chi connectivity index (χ1n) is 44.0. The monoisotopic (exact) mass is 1740 g/mol. The maximum atomic E-state index is 13.7. The lowest BCUT2D eigenvalue weighted by Crippen LogP contribution is -2.48. The van der Waals surface area contributed by atoms with Gasteiger partial charge in [0.25, 0.3) is 40.3 Å². The molecule has 0 spiro atoms. The molecule has 4 aromatic heterocycles. The predicted molar refractivity (Wildman–Crippen MR) is 507 cm³/mol. The van der Waals surface area contributed by atoms with Crippen molar-refractivity contribution in [1.82, 2.24) is 53.1 Å². The van der Waals surface area contributed by atoms with E-state index in [1.165, 1.54) is 32.1 Å². The number of aliphatic hydroxyl groups excluding tert-OH is 3. The van der Waals surface area contributed by atoms with Crippen LogP contribution in [0.3, 0.4) is 0 Å². The molecule has 12 aromatic rings. The molecule has 129 heavy (non-hydrogen) atoms. The van der Waals surface area contributed by atoms with Crippen LogP contribution < -0.4 is 62.0 Å². The number of rotatable bonds is 22. The molecule has 30 heteroatoms. The van der Waals surface area contributed by atoms with Crippen molar-refractivity contribution in [2.75, 3.05) is 159 Å². The zero-order valence-corrected chi connectivity index (χ0v) is 74.6. The van der Waals surface area contributed by atoms with E-state index in [4.69, 9.17) is 4.98 Å². The van der Waals surface area contributed by atoms with Gasteiger partial charge in [0.15, 0.2) is 17.5 Å². The number of aliphatic hydroxyl groups is 3. The molecule has 18 rings (SSSR count). The van der Waals surface area contributed by atoms with E-state index in [1.807, 2.05) is 147 Å².